The monoisotopic (exact) mass is 426 g/mol. The summed E-state index contributed by atoms with van der Waals surface area (Å²) in [5.41, 5.74) is 4.58. The van der Waals surface area contributed by atoms with Crippen LogP contribution in [0.3, 0.4) is 0 Å². The molecule has 6 nitrogen and oxygen atoms in total. The molecule has 0 spiro atoms. The van der Waals surface area contributed by atoms with Crippen molar-refractivity contribution in [1.82, 2.24) is 18.8 Å². The fourth-order valence-corrected chi connectivity index (χ4v) is 5.37. The van der Waals surface area contributed by atoms with E-state index in [4.69, 9.17) is 4.98 Å². The van der Waals surface area contributed by atoms with Crippen LogP contribution < -0.4 is 0 Å². The maximum atomic E-state index is 12.5. The molecule has 7 heteroatoms. The summed E-state index contributed by atoms with van der Waals surface area (Å²) in [5.74, 6) is 0.984. The van der Waals surface area contributed by atoms with Crippen molar-refractivity contribution in [2.75, 3.05) is 21.1 Å². The number of aromatic nitrogens is 2. The normalized spacial score (nSPS) is 16.7. The Morgan fingerprint density at radius 3 is 2.63 bits per heavy atom. The van der Waals surface area contributed by atoms with Gasteiger partial charge in [0.2, 0.25) is 10.0 Å². The van der Waals surface area contributed by atoms with Crippen LogP contribution in [-0.4, -0.2) is 48.3 Å². The number of sulfonamides is 1. The number of rotatable bonds is 7. The van der Waals surface area contributed by atoms with Gasteiger partial charge >= 0.3 is 0 Å². The molecule has 0 aliphatic heterocycles. The minimum absolute atomic E-state index is 0.283. The van der Waals surface area contributed by atoms with Gasteiger partial charge in [0.1, 0.15) is 5.82 Å². The first-order valence-corrected chi connectivity index (χ1v) is 12.0. The van der Waals surface area contributed by atoms with Crippen molar-refractivity contribution in [3.63, 3.8) is 0 Å². The van der Waals surface area contributed by atoms with Crippen LogP contribution in [-0.2, 0) is 29.5 Å². The molecule has 0 saturated carbocycles. The van der Waals surface area contributed by atoms with E-state index in [-0.39, 0.29) is 4.90 Å². The number of hydrogen-bond donors (Lipinski definition) is 0. The van der Waals surface area contributed by atoms with Gasteiger partial charge in [0.15, 0.2) is 0 Å². The van der Waals surface area contributed by atoms with E-state index in [2.05, 4.69) is 47.7 Å². The molecule has 1 aromatic heterocycles. The van der Waals surface area contributed by atoms with Crippen molar-refractivity contribution in [3.8, 4) is 0 Å². The Bertz CT molecular complexity index is 1170. The highest BCUT2D eigenvalue weighted by Crippen LogP contribution is 2.35. The van der Waals surface area contributed by atoms with Crippen LogP contribution in [0.15, 0.2) is 47.4 Å². The van der Waals surface area contributed by atoms with E-state index in [9.17, 15) is 8.42 Å². The third-order valence-electron chi connectivity index (χ3n) is 6.05. The maximum Gasteiger partial charge on any atom is 0.242 e. The van der Waals surface area contributed by atoms with Crippen molar-refractivity contribution in [1.29, 1.82) is 0 Å². The Balaban J connectivity index is 1.69. The Labute approximate surface area is 179 Å². The van der Waals surface area contributed by atoms with Gasteiger partial charge in [-0.05, 0) is 55.6 Å². The van der Waals surface area contributed by atoms with Crippen molar-refractivity contribution in [2.24, 2.45) is 0 Å². The fourth-order valence-electron chi connectivity index (χ4n) is 4.45. The van der Waals surface area contributed by atoms with Gasteiger partial charge in [0.25, 0.3) is 0 Å². The van der Waals surface area contributed by atoms with Crippen molar-refractivity contribution in [2.45, 2.75) is 50.2 Å². The standard InChI is InChI=1S/C23H30N4O2S/c1-5-14-27-22-13-11-18(30(28,29)25(2)3)15-20(22)24-23(27)16-26(4)21-12-10-17-8-6-7-9-19(17)21/h6-9,11,13,15,21H,5,10,12,14,16H2,1-4H3. The Kier molecular flexibility index (Phi) is 5.70. The van der Waals surface area contributed by atoms with Crippen molar-refractivity contribution in [3.05, 3.63) is 59.4 Å². The van der Waals surface area contributed by atoms with Crippen LogP contribution in [0.25, 0.3) is 11.0 Å². The van der Waals surface area contributed by atoms with E-state index in [0.29, 0.717) is 6.04 Å². The lowest BCUT2D eigenvalue weighted by Crippen LogP contribution is -2.24. The Hall–Kier alpha value is -2.22. The molecular weight excluding hydrogens is 396 g/mol. The zero-order valence-electron chi connectivity index (χ0n) is 18.2. The summed E-state index contributed by atoms with van der Waals surface area (Å²) in [6.45, 7) is 3.74. The first kappa shape index (κ1) is 21.0. The first-order chi connectivity index (χ1) is 14.3. The summed E-state index contributed by atoms with van der Waals surface area (Å²) in [5, 5.41) is 0. The molecule has 1 atom stereocenters. The van der Waals surface area contributed by atoms with Gasteiger partial charge in [-0.25, -0.2) is 17.7 Å². The number of fused-ring (bicyclic) bond motifs is 2. The van der Waals surface area contributed by atoms with Gasteiger partial charge in [-0.2, -0.15) is 0 Å². The summed E-state index contributed by atoms with van der Waals surface area (Å²) in [6, 6.07) is 14.4. The zero-order chi connectivity index (χ0) is 21.5. The molecule has 2 aromatic carbocycles. The second-order valence-electron chi connectivity index (χ2n) is 8.29. The second-order valence-corrected chi connectivity index (χ2v) is 10.4. The molecule has 1 aliphatic carbocycles. The molecule has 4 rings (SSSR count). The topological polar surface area (TPSA) is 58.4 Å². The van der Waals surface area contributed by atoms with E-state index >= 15 is 0 Å². The quantitative estimate of drug-likeness (QED) is 0.576. The van der Waals surface area contributed by atoms with Crippen molar-refractivity contribution < 1.29 is 8.42 Å². The lowest BCUT2D eigenvalue weighted by molar-refractivity contribution is 0.227. The highest BCUT2D eigenvalue weighted by molar-refractivity contribution is 7.89. The number of hydrogen-bond acceptors (Lipinski definition) is 4. The van der Waals surface area contributed by atoms with Crippen LogP contribution in [0, 0.1) is 0 Å². The predicted molar refractivity (Wildman–Crippen MR) is 120 cm³/mol. The van der Waals surface area contributed by atoms with E-state index in [1.54, 1.807) is 26.2 Å². The number of benzene rings is 2. The number of aryl methyl sites for hydroxylation is 2. The predicted octanol–water partition coefficient (Wildman–Crippen LogP) is 3.82. The Morgan fingerprint density at radius 2 is 1.90 bits per heavy atom. The Morgan fingerprint density at radius 1 is 1.13 bits per heavy atom. The molecular formula is C23H30N4O2S. The van der Waals surface area contributed by atoms with Gasteiger partial charge in [0, 0.05) is 26.7 Å². The zero-order valence-corrected chi connectivity index (χ0v) is 19.0. The second kappa shape index (κ2) is 8.13. The molecule has 1 unspecified atom stereocenters. The molecule has 0 amide bonds. The van der Waals surface area contributed by atoms with E-state index < -0.39 is 10.0 Å². The molecule has 0 saturated heterocycles. The molecule has 0 radical (unpaired) electrons. The highest BCUT2D eigenvalue weighted by Gasteiger charge is 2.27. The lowest BCUT2D eigenvalue weighted by atomic mass is 10.1. The minimum Gasteiger partial charge on any atom is -0.327 e. The summed E-state index contributed by atoms with van der Waals surface area (Å²) < 4.78 is 28.6. The molecule has 160 valence electrons. The first-order valence-electron chi connectivity index (χ1n) is 10.5. The van der Waals surface area contributed by atoms with Crippen LogP contribution in [0.4, 0.5) is 0 Å². The smallest absolute Gasteiger partial charge is 0.242 e. The average Bonchev–Trinajstić information content (AvgIpc) is 3.29. The largest absolute Gasteiger partial charge is 0.327 e. The highest BCUT2D eigenvalue weighted by atomic mass is 32.2. The van der Waals surface area contributed by atoms with Crippen LogP contribution in [0.1, 0.15) is 42.8 Å². The summed E-state index contributed by atoms with van der Waals surface area (Å²) >= 11 is 0. The van der Waals surface area contributed by atoms with Crippen LogP contribution in [0.2, 0.25) is 0 Å². The van der Waals surface area contributed by atoms with Crippen molar-refractivity contribution >= 4 is 21.1 Å². The molecule has 0 N–H and O–H groups in total. The van der Waals surface area contributed by atoms with Crippen LogP contribution in [0.5, 0.6) is 0 Å². The molecule has 0 bridgehead atoms. The molecule has 1 aliphatic rings. The summed E-state index contributed by atoms with van der Waals surface area (Å²) in [6.07, 6.45) is 3.23. The maximum absolute atomic E-state index is 12.5. The van der Waals surface area contributed by atoms with Gasteiger partial charge in [0.05, 0.1) is 22.5 Å². The van der Waals surface area contributed by atoms with Gasteiger partial charge in [-0.3, -0.25) is 4.90 Å². The molecule has 3 aromatic rings. The van der Waals surface area contributed by atoms with Gasteiger partial charge < -0.3 is 4.57 Å². The molecule has 1 heterocycles. The van der Waals surface area contributed by atoms with Gasteiger partial charge in [-0.1, -0.05) is 31.2 Å². The van der Waals surface area contributed by atoms with Gasteiger partial charge in [-0.15, -0.1) is 0 Å². The lowest BCUT2D eigenvalue weighted by Gasteiger charge is -2.25. The van der Waals surface area contributed by atoms with E-state index in [0.717, 1.165) is 49.2 Å². The summed E-state index contributed by atoms with van der Waals surface area (Å²) in [4.78, 5) is 7.53. The third-order valence-corrected chi connectivity index (χ3v) is 7.86. The number of nitrogens with zero attached hydrogens (tertiary/aromatic N) is 4. The third kappa shape index (κ3) is 3.66. The summed E-state index contributed by atoms with van der Waals surface area (Å²) in [7, 11) is 1.78. The van der Waals surface area contributed by atoms with E-state index in [1.165, 1.54) is 15.4 Å². The van der Waals surface area contributed by atoms with Crippen LogP contribution >= 0.6 is 0 Å². The minimum atomic E-state index is -3.48. The number of imidazole rings is 1. The fraction of sp³-hybridized carbons (Fsp3) is 0.435. The molecule has 30 heavy (non-hydrogen) atoms. The van der Waals surface area contributed by atoms with E-state index in [1.807, 2.05) is 6.07 Å². The SMILES string of the molecule is CCCn1c(CN(C)C2CCc3ccccc32)nc2cc(S(=O)(=O)N(C)C)ccc21. The molecule has 0 fully saturated rings. The average molecular weight is 427 g/mol.